The highest BCUT2D eigenvalue weighted by Gasteiger charge is 2.30. The average Bonchev–Trinajstić information content (AvgIpc) is 0.939. The van der Waals surface area contributed by atoms with Crippen molar-refractivity contribution in [3.63, 3.8) is 0 Å². The summed E-state index contributed by atoms with van der Waals surface area (Å²) in [6.07, 6.45) is 55.4. The van der Waals surface area contributed by atoms with Crippen LogP contribution >= 0.6 is 15.6 Å². The van der Waals surface area contributed by atoms with Crippen LogP contribution in [-0.2, 0) is 65.4 Å². The van der Waals surface area contributed by atoms with E-state index >= 15 is 0 Å². The zero-order valence-electron chi connectivity index (χ0n) is 65.1. The summed E-state index contributed by atoms with van der Waals surface area (Å²) in [4.78, 5) is 73.0. The van der Waals surface area contributed by atoms with E-state index in [1.165, 1.54) is 212 Å². The molecule has 0 aromatic carbocycles. The molecule has 0 heterocycles. The summed E-state index contributed by atoms with van der Waals surface area (Å²) in [6.45, 7) is 14.3. The second-order valence-electron chi connectivity index (χ2n) is 30.7. The molecular weight excluding hydrogens is 1290 g/mol. The highest BCUT2D eigenvalue weighted by molar-refractivity contribution is 7.47. The second-order valence-corrected chi connectivity index (χ2v) is 33.6. The topological polar surface area (TPSA) is 237 Å². The van der Waals surface area contributed by atoms with Gasteiger partial charge >= 0.3 is 39.5 Å². The van der Waals surface area contributed by atoms with E-state index in [9.17, 15) is 43.2 Å². The first-order valence-electron chi connectivity index (χ1n) is 41.2. The van der Waals surface area contributed by atoms with Gasteiger partial charge in [0.2, 0.25) is 0 Å². The number of ether oxygens (including phenoxy) is 4. The van der Waals surface area contributed by atoms with E-state index in [4.69, 9.17) is 37.0 Å². The number of carbonyl (C=O) groups excluding carboxylic acids is 4. The number of carbonyl (C=O) groups is 4. The summed E-state index contributed by atoms with van der Waals surface area (Å²) in [6, 6.07) is 0. The highest BCUT2D eigenvalue weighted by Crippen LogP contribution is 2.45. The molecule has 19 heteroatoms. The van der Waals surface area contributed by atoms with Crippen molar-refractivity contribution < 1.29 is 80.2 Å². The van der Waals surface area contributed by atoms with E-state index in [0.29, 0.717) is 25.7 Å². The molecule has 0 aliphatic carbocycles. The van der Waals surface area contributed by atoms with Crippen molar-refractivity contribution in [2.45, 2.75) is 427 Å². The van der Waals surface area contributed by atoms with Crippen molar-refractivity contribution in [2.24, 2.45) is 23.7 Å². The summed E-state index contributed by atoms with van der Waals surface area (Å²) in [7, 11) is -9.92. The van der Waals surface area contributed by atoms with Gasteiger partial charge in [-0.3, -0.25) is 37.3 Å². The zero-order valence-corrected chi connectivity index (χ0v) is 66.9. The first-order valence-corrected chi connectivity index (χ1v) is 44.2. The SMILES string of the molecule is CC(C)CCCCCCCCCCCCCCCCCCC(=O)O[C@H](COC(=O)CCCCCCCCCCCCCC(C)C)COP(=O)(O)OC[C@@H](O)COP(=O)(O)OC[C@@H](COC(=O)CCCCCCCCCCCCC(C)C)OC(=O)CCCCCCCCCCCCC(C)C. The number of aliphatic hydroxyl groups excluding tert-OH is 1. The lowest BCUT2D eigenvalue weighted by molar-refractivity contribution is -0.161. The predicted octanol–water partition coefficient (Wildman–Crippen LogP) is 23.6. The van der Waals surface area contributed by atoms with Crippen molar-refractivity contribution in [1.29, 1.82) is 0 Å². The molecule has 0 radical (unpaired) electrons. The van der Waals surface area contributed by atoms with Crippen molar-refractivity contribution in [3.05, 3.63) is 0 Å². The van der Waals surface area contributed by atoms with Crippen molar-refractivity contribution in [2.75, 3.05) is 39.6 Å². The van der Waals surface area contributed by atoms with Crippen LogP contribution in [0.5, 0.6) is 0 Å². The minimum Gasteiger partial charge on any atom is -0.462 e. The number of phosphoric acid groups is 2. The fourth-order valence-corrected chi connectivity index (χ4v) is 13.8. The summed E-state index contributed by atoms with van der Waals surface area (Å²) in [5, 5.41) is 10.6. The van der Waals surface area contributed by atoms with Crippen molar-refractivity contribution in [3.8, 4) is 0 Å². The second kappa shape index (κ2) is 69.1. The van der Waals surface area contributed by atoms with Gasteiger partial charge in [-0.1, -0.05) is 357 Å². The number of hydrogen-bond acceptors (Lipinski definition) is 15. The number of rotatable bonds is 77. The fourth-order valence-electron chi connectivity index (χ4n) is 12.3. The van der Waals surface area contributed by atoms with Crippen LogP contribution in [0.1, 0.15) is 409 Å². The van der Waals surface area contributed by atoms with Gasteiger partial charge in [-0.2, -0.15) is 0 Å². The number of esters is 4. The van der Waals surface area contributed by atoms with E-state index in [0.717, 1.165) is 114 Å². The Morgan fingerprint density at radius 1 is 0.253 bits per heavy atom. The van der Waals surface area contributed by atoms with Gasteiger partial charge in [0.25, 0.3) is 0 Å². The third-order valence-corrected chi connectivity index (χ3v) is 20.5. The maximum atomic E-state index is 13.1. The number of hydrogen-bond donors (Lipinski definition) is 3. The molecule has 0 saturated heterocycles. The number of aliphatic hydroxyl groups is 1. The maximum Gasteiger partial charge on any atom is 0.472 e. The summed E-state index contributed by atoms with van der Waals surface area (Å²) in [5.41, 5.74) is 0. The molecule has 99 heavy (non-hydrogen) atoms. The van der Waals surface area contributed by atoms with Gasteiger partial charge in [-0.05, 0) is 49.4 Å². The van der Waals surface area contributed by atoms with Gasteiger partial charge in [0.1, 0.15) is 19.3 Å². The lowest BCUT2D eigenvalue weighted by Gasteiger charge is -2.21. The summed E-state index contributed by atoms with van der Waals surface area (Å²) < 4.78 is 68.7. The van der Waals surface area contributed by atoms with Crippen LogP contribution in [-0.4, -0.2) is 96.7 Å². The van der Waals surface area contributed by atoms with Crippen LogP contribution in [0.15, 0.2) is 0 Å². The molecule has 3 N–H and O–H groups in total. The van der Waals surface area contributed by atoms with Gasteiger partial charge in [-0.15, -0.1) is 0 Å². The van der Waals surface area contributed by atoms with E-state index in [2.05, 4.69) is 55.4 Å². The lowest BCUT2D eigenvalue weighted by Crippen LogP contribution is -2.30. The Morgan fingerprint density at radius 3 is 0.626 bits per heavy atom. The first kappa shape index (κ1) is 97.1. The lowest BCUT2D eigenvalue weighted by atomic mass is 10.0. The monoisotopic (exact) mass is 1450 g/mol. The Bertz CT molecular complexity index is 1940. The summed E-state index contributed by atoms with van der Waals surface area (Å²) >= 11 is 0. The van der Waals surface area contributed by atoms with Crippen LogP contribution < -0.4 is 0 Å². The molecular formula is C80H156O17P2. The Balaban J connectivity index is 5.26. The third-order valence-electron chi connectivity index (χ3n) is 18.6. The fraction of sp³-hybridized carbons (Fsp3) is 0.950. The normalized spacial score (nSPS) is 14.1. The third kappa shape index (κ3) is 74.1. The maximum absolute atomic E-state index is 13.1. The zero-order chi connectivity index (χ0) is 73.1. The van der Waals surface area contributed by atoms with E-state index < -0.39 is 97.5 Å². The van der Waals surface area contributed by atoms with Crippen molar-refractivity contribution >= 4 is 39.5 Å². The molecule has 0 amide bonds. The molecule has 0 bridgehead atoms. The summed E-state index contributed by atoms with van der Waals surface area (Å²) in [5.74, 6) is 0.976. The van der Waals surface area contributed by atoms with Crippen LogP contribution in [0.25, 0.3) is 0 Å². The molecule has 0 saturated carbocycles. The minimum absolute atomic E-state index is 0.105. The van der Waals surface area contributed by atoms with E-state index in [1.807, 2.05) is 0 Å². The van der Waals surface area contributed by atoms with Crippen LogP contribution in [0.2, 0.25) is 0 Å². The standard InChI is InChI=1S/C80H156O17P2/c1-70(2)56-48-40-32-24-16-13-11-9-10-12-14-18-30-38-46-54-62-79(84)96-75(66-90-77(82)60-52-44-36-28-19-15-17-25-33-41-49-57-71(3)4)68-94-98(86,87)92-64-74(81)65-93-99(88,89)95-69-76(97-80(85)63-55-47-39-31-23-21-27-35-43-51-59-73(7)8)67-91-78(83)61-53-45-37-29-22-20-26-34-42-50-58-72(5)6/h70-76,81H,9-69H2,1-8H3,(H,86,87)(H,88,89)/t74-,75-,76-/m1/s1. The highest BCUT2D eigenvalue weighted by atomic mass is 31.2. The smallest absolute Gasteiger partial charge is 0.462 e. The average molecular weight is 1450 g/mol. The van der Waals surface area contributed by atoms with Crippen LogP contribution in [0.4, 0.5) is 0 Å². The molecule has 0 aliphatic rings. The molecule has 0 spiro atoms. The van der Waals surface area contributed by atoms with E-state index in [1.54, 1.807) is 0 Å². The number of phosphoric ester groups is 2. The Hall–Kier alpha value is -1.94. The predicted molar refractivity (Wildman–Crippen MR) is 404 cm³/mol. The Kier molecular flexibility index (Phi) is 67.8. The van der Waals surface area contributed by atoms with Crippen LogP contribution in [0, 0.1) is 23.7 Å². The quantitative estimate of drug-likeness (QED) is 0.0222. The molecule has 588 valence electrons. The van der Waals surface area contributed by atoms with Gasteiger partial charge in [0.15, 0.2) is 12.2 Å². The minimum atomic E-state index is -4.96. The van der Waals surface area contributed by atoms with Crippen LogP contribution in [0.3, 0.4) is 0 Å². The Morgan fingerprint density at radius 2 is 0.424 bits per heavy atom. The van der Waals surface area contributed by atoms with Gasteiger partial charge in [0.05, 0.1) is 26.4 Å². The molecule has 0 aliphatic heterocycles. The first-order chi connectivity index (χ1) is 47.6. The van der Waals surface area contributed by atoms with Crippen molar-refractivity contribution in [1.82, 2.24) is 0 Å². The largest absolute Gasteiger partial charge is 0.472 e. The molecule has 5 atom stereocenters. The molecule has 2 unspecified atom stereocenters. The molecule has 0 aromatic rings. The van der Waals surface area contributed by atoms with Gasteiger partial charge in [-0.25, -0.2) is 9.13 Å². The molecule has 0 rings (SSSR count). The van der Waals surface area contributed by atoms with Gasteiger partial charge < -0.3 is 33.8 Å². The number of unbranched alkanes of at least 4 members (excludes halogenated alkanes) is 43. The Labute approximate surface area is 607 Å². The molecule has 0 fully saturated rings. The molecule has 17 nitrogen and oxygen atoms in total. The molecule has 0 aromatic heterocycles. The van der Waals surface area contributed by atoms with E-state index in [-0.39, 0.29) is 25.7 Å². The van der Waals surface area contributed by atoms with Gasteiger partial charge in [0, 0.05) is 25.7 Å².